The first-order valence-corrected chi connectivity index (χ1v) is 8.34. The van der Waals surface area contributed by atoms with Gasteiger partial charge in [-0.25, -0.2) is 4.98 Å². The van der Waals surface area contributed by atoms with E-state index in [0.29, 0.717) is 6.54 Å². The minimum atomic E-state index is 0.697. The molecule has 0 bridgehead atoms. The number of fused-ring (bicyclic) bond motifs is 1. The maximum atomic E-state index is 5.68. The van der Waals surface area contributed by atoms with Gasteiger partial charge in [-0.1, -0.05) is 42.2 Å². The van der Waals surface area contributed by atoms with Crippen LogP contribution in [-0.2, 0) is 13.0 Å². The highest BCUT2D eigenvalue weighted by Crippen LogP contribution is 2.16. The van der Waals surface area contributed by atoms with Gasteiger partial charge in [0.1, 0.15) is 9.84 Å². The highest BCUT2D eigenvalue weighted by molar-refractivity contribution is 8.22. The van der Waals surface area contributed by atoms with Crippen LogP contribution in [0.5, 0.6) is 0 Å². The summed E-state index contributed by atoms with van der Waals surface area (Å²) < 4.78 is 6.46. The number of hydrogen-bond donors (Lipinski definition) is 1. The summed E-state index contributed by atoms with van der Waals surface area (Å²) in [6.07, 6.45) is 4.35. The van der Waals surface area contributed by atoms with Crippen LogP contribution in [0.25, 0.3) is 11.1 Å². The summed E-state index contributed by atoms with van der Waals surface area (Å²) in [5, 5.41) is 3.22. The standard InChI is InChI=1S/C16H15N3OS2/c21-16(18-11-12-4-3-8-17-10-12)22-9-7-15-19-13-5-1-2-6-14(13)20-15/h1-6,8,10H,7,9,11H2,(H,18,21). The zero-order valence-corrected chi connectivity index (χ0v) is 13.5. The first-order chi connectivity index (χ1) is 10.8. The fourth-order valence-corrected chi connectivity index (χ4v) is 2.94. The van der Waals surface area contributed by atoms with Crippen molar-refractivity contribution in [3.8, 4) is 0 Å². The number of rotatable bonds is 5. The number of para-hydroxylation sites is 2. The summed E-state index contributed by atoms with van der Waals surface area (Å²) in [4.78, 5) is 8.53. The number of nitrogens with zero attached hydrogens (tertiary/aromatic N) is 2. The number of benzene rings is 1. The van der Waals surface area contributed by atoms with Gasteiger partial charge in [-0.3, -0.25) is 4.98 Å². The smallest absolute Gasteiger partial charge is 0.196 e. The minimum Gasteiger partial charge on any atom is -0.441 e. The van der Waals surface area contributed by atoms with Crippen LogP contribution in [0, 0.1) is 0 Å². The molecule has 0 spiro atoms. The van der Waals surface area contributed by atoms with Crippen molar-refractivity contribution in [1.29, 1.82) is 0 Å². The lowest BCUT2D eigenvalue weighted by Gasteiger charge is -2.06. The average Bonchev–Trinajstić information content (AvgIpc) is 2.96. The molecular weight excluding hydrogens is 314 g/mol. The van der Waals surface area contributed by atoms with Gasteiger partial charge in [-0.05, 0) is 23.8 Å². The van der Waals surface area contributed by atoms with Crippen molar-refractivity contribution in [3.63, 3.8) is 0 Å². The number of thioether (sulfide) groups is 1. The van der Waals surface area contributed by atoms with Crippen LogP contribution in [0.15, 0.2) is 53.2 Å². The normalized spacial score (nSPS) is 10.7. The van der Waals surface area contributed by atoms with E-state index in [1.807, 2.05) is 42.6 Å². The van der Waals surface area contributed by atoms with E-state index >= 15 is 0 Å². The van der Waals surface area contributed by atoms with Gasteiger partial charge in [0, 0.05) is 31.1 Å². The third kappa shape index (κ3) is 4.05. The van der Waals surface area contributed by atoms with E-state index in [4.69, 9.17) is 16.6 Å². The van der Waals surface area contributed by atoms with Crippen LogP contribution in [-0.4, -0.2) is 20.0 Å². The molecule has 0 saturated carbocycles. The van der Waals surface area contributed by atoms with Crippen LogP contribution in [0.3, 0.4) is 0 Å². The molecule has 0 fully saturated rings. The Morgan fingerprint density at radius 1 is 1.23 bits per heavy atom. The molecule has 6 heteroatoms. The number of thiocarbonyl (C=S) groups is 1. The van der Waals surface area contributed by atoms with E-state index in [1.165, 1.54) is 0 Å². The summed E-state index contributed by atoms with van der Waals surface area (Å²) in [6.45, 7) is 0.697. The highest BCUT2D eigenvalue weighted by atomic mass is 32.2. The summed E-state index contributed by atoms with van der Waals surface area (Å²) in [6, 6.07) is 11.7. The molecule has 112 valence electrons. The maximum Gasteiger partial charge on any atom is 0.196 e. The van der Waals surface area contributed by atoms with Crippen molar-refractivity contribution in [1.82, 2.24) is 15.3 Å². The molecule has 0 aliphatic heterocycles. The van der Waals surface area contributed by atoms with Gasteiger partial charge in [-0.2, -0.15) is 0 Å². The Balaban J connectivity index is 1.43. The Hall–Kier alpha value is -1.92. The van der Waals surface area contributed by atoms with Gasteiger partial charge in [0.15, 0.2) is 11.5 Å². The lowest BCUT2D eigenvalue weighted by molar-refractivity contribution is 0.539. The lowest BCUT2D eigenvalue weighted by Crippen LogP contribution is -2.18. The van der Waals surface area contributed by atoms with Crippen molar-refractivity contribution in [2.75, 3.05) is 5.75 Å². The van der Waals surface area contributed by atoms with E-state index in [-0.39, 0.29) is 0 Å². The van der Waals surface area contributed by atoms with Crippen LogP contribution in [0.1, 0.15) is 11.5 Å². The fourth-order valence-electron chi connectivity index (χ4n) is 1.99. The Kier molecular flexibility index (Phi) is 5.03. The van der Waals surface area contributed by atoms with Gasteiger partial charge >= 0.3 is 0 Å². The second-order valence-electron chi connectivity index (χ2n) is 4.68. The summed E-state index contributed by atoms with van der Waals surface area (Å²) >= 11 is 6.91. The van der Waals surface area contributed by atoms with Gasteiger partial charge < -0.3 is 9.73 Å². The second kappa shape index (κ2) is 7.38. The first kappa shape index (κ1) is 15.0. The van der Waals surface area contributed by atoms with Crippen LogP contribution >= 0.6 is 24.0 Å². The van der Waals surface area contributed by atoms with Crippen molar-refractivity contribution in [3.05, 3.63) is 60.2 Å². The Labute approximate surface area is 138 Å². The molecule has 0 saturated heterocycles. The minimum absolute atomic E-state index is 0.697. The van der Waals surface area contributed by atoms with E-state index < -0.39 is 0 Å². The lowest BCUT2D eigenvalue weighted by atomic mass is 10.3. The molecule has 0 amide bonds. The molecule has 3 aromatic rings. The predicted molar refractivity (Wildman–Crippen MR) is 93.8 cm³/mol. The molecule has 0 unspecified atom stereocenters. The quantitative estimate of drug-likeness (QED) is 0.722. The Morgan fingerprint density at radius 2 is 2.14 bits per heavy atom. The van der Waals surface area contributed by atoms with Crippen LogP contribution < -0.4 is 5.32 Å². The van der Waals surface area contributed by atoms with Crippen LogP contribution in [0.2, 0.25) is 0 Å². The summed E-state index contributed by atoms with van der Waals surface area (Å²) in [7, 11) is 0. The molecule has 22 heavy (non-hydrogen) atoms. The molecule has 2 aromatic heterocycles. The SMILES string of the molecule is S=C(NCc1cccnc1)SCCc1nc2ccccc2o1. The van der Waals surface area contributed by atoms with Gasteiger partial charge in [0.2, 0.25) is 0 Å². The zero-order valence-electron chi connectivity index (χ0n) is 11.9. The van der Waals surface area contributed by atoms with Gasteiger partial charge in [0.05, 0.1) is 0 Å². The molecule has 0 aliphatic rings. The predicted octanol–water partition coefficient (Wildman–Crippen LogP) is 3.57. The number of oxazole rings is 1. The molecule has 0 atom stereocenters. The van der Waals surface area contributed by atoms with E-state index in [9.17, 15) is 0 Å². The van der Waals surface area contributed by atoms with Gasteiger partial charge in [-0.15, -0.1) is 0 Å². The van der Waals surface area contributed by atoms with Crippen molar-refractivity contribution in [2.45, 2.75) is 13.0 Å². The van der Waals surface area contributed by atoms with E-state index in [1.54, 1.807) is 18.0 Å². The molecule has 1 N–H and O–H groups in total. The first-order valence-electron chi connectivity index (χ1n) is 6.95. The Bertz CT molecular complexity index is 725. The third-order valence-corrected chi connectivity index (χ3v) is 4.36. The highest BCUT2D eigenvalue weighted by Gasteiger charge is 2.05. The number of pyridine rings is 1. The monoisotopic (exact) mass is 329 g/mol. The molecule has 4 nitrogen and oxygen atoms in total. The van der Waals surface area contributed by atoms with Gasteiger partial charge in [0.25, 0.3) is 0 Å². The van der Waals surface area contributed by atoms with Crippen LogP contribution in [0.4, 0.5) is 0 Å². The zero-order chi connectivity index (χ0) is 15.2. The Morgan fingerprint density at radius 3 is 2.95 bits per heavy atom. The molecule has 2 heterocycles. The molecule has 0 radical (unpaired) electrons. The van der Waals surface area contributed by atoms with Crippen molar-refractivity contribution in [2.24, 2.45) is 0 Å². The van der Waals surface area contributed by atoms with E-state index in [2.05, 4.69) is 15.3 Å². The summed E-state index contributed by atoms with van der Waals surface area (Å²) in [5.41, 5.74) is 2.85. The third-order valence-electron chi connectivity index (χ3n) is 3.05. The van der Waals surface area contributed by atoms with Crippen molar-refractivity contribution < 1.29 is 4.42 Å². The van der Waals surface area contributed by atoms with E-state index in [0.717, 1.165) is 39.0 Å². The maximum absolute atomic E-state index is 5.68. The molecule has 1 aromatic carbocycles. The average molecular weight is 329 g/mol. The molecule has 3 rings (SSSR count). The summed E-state index contributed by atoms with van der Waals surface area (Å²) in [5.74, 6) is 1.59. The molecule has 0 aliphatic carbocycles. The number of nitrogens with one attached hydrogen (secondary N) is 1. The van der Waals surface area contributed by atoms with Crippen molar-refractivity contribution >= 4 is 39.4 Å². The fraction of sp³-hybridized carbons (Fsp3) is 0.188. The number of aryl methyl sites for hydroxylation is 1. The second-order valence-corrected chi connectivity index (χ2v) is 6.45. The number of aromatic nitrogens is 2. The molecular formula is C16H15N3OS2. The number of hydrogen-bond acceptors (Lipinski definition) is 5. The topological polar surface area (TPSA) is 51.0 Å². The largest absolute Gasteiger partial charge is 0.441 e.